The Morgan fingerprint density at radius 2 is 2.00 bits per heavy atom. The van der Waals surface area contributed by atoms with E-state index in [9.17, 15) is 0 Å². The summed E-state index contributed by atoms with van der Waals surface area (Å²) in [5, 5.41) is 15.5. The maximum absolute atomic E-state index is 8.49. The van der Waals surface area contributed by atoms with E-state index in [0.717, 1.165) is 10.6 Å². The molecule has 0 aliphatic rings. The average Bonchev–Trinajstić information content (AvgIpc) is 2.29. The standard InChI is InChI=1S/C12H18ClN3O/c1-8(7-12(14)16-17)15-9(2)10-3-5-11(13)6-4-10/h3-6,8-9,15,17H,7H2,1-2H3,(H2,14,16). The van der Waals surface area contributed by atoms with Crippen molar-refractivity contribution >= 4 is 17.4 Å². The Bertz CT molecular complexity index is 378. The number of halogens is 1. The van der Waals surface area contributed by atoms with Crippen LogP contribution in [0.15, 0.2) is 29.4 Å². The molecule has 0 saturated heterocycles. The van der Waals surface area contributed by atoms with E-state index in [2.05, 4.69) is 17.4 Å². The van der Waals surface area contributed by atoms with Gasteiger partial charge in [0.2, 0.25) is 0 Å². The molecule has 0 radical (unpaired) electrons. The fourth-order valence-electron chi connectivity index (χ4n) is 1.69. The van der Waals surface area contributed by atoms with Crippen molar-refractivity contribution in [1.82, 2.24) is 5.32 Å². The topological polar surface area (TPSA) is 70.6 Å². The van der Waals surface area contributed by atoms with E-state index < -0.39 is 0 Å². The minimum atomic E-state index is 0.136. The Kier molecular flexibility index (Phi) is 5.25. The third-order valence-corrected chi connectivity index (χ3v) is 2.80. The lowest BCUT2D eigenvalue weighted by molar-refractivity contribution is 0.315. The summed E-state index contributed by atoms with van der Waals surface area (Å²) in [4.78, 5) is 0. The molecule has 0 fully saturated rings. The molecular weight excluding hydrogens is 238 g/mol. The Labute approximate surface area is 106 Å². The summed E-state index contributed by atoms with van der Waals surface area (Å²) >= 11 is 5.83. The molecule has 1 rings (SSSR count). The summed E-state index contributed by atoms with van der Waals surface area (Å²) in [5.74, 6) is 0.230. The van der Waals surface area contributed by atoms with Gasteiger partial charge in [0.1, 0.15) is 5.84 Å². The molecule has 0 saturated carbocycles. The number of oxime groups is 1. The molecule has 17 heavy (non-hydrogen) atoms. The molecule has 0 aliphatic heterocycles. The smallest absolute Gasteiger partial charge is 0.140 e. The number of amidine groups is 1. The number of nitrogens with one attached hydrogen (secondary N) is 1. The second-order valence-electron chi connectivity index (χ2n) is 4.14. The highest BCUT2D eigenvalue weighted by atomic mass is 35.5. The highest BCUT2D eigenvalue weighted by Gasteiger charge is 2.10. The van der Waals surface area contributed by atoms with Crippen LogP contribution in [-0.4, -0.2) is 17.1 Å². The molecule has 4 N–H and O–H groups in total. The zero-order valence-corrected chi connectivity index (χ0v) is 10.8. The molecule has 1 aromatic carbocycles. The van der Waals surface area contributed by atoms with E-state index >= 15 is 0 Å². The summed E-state index contributed by atoms with van der Waals surface area (Å²) in [6.45, 7) is 4.05. The van der Waals surface area contributed by atoms with Crippen LogP contribution in [0.4, 0.5) is 0 Å². The van der Waals surface area contributed by atoms with Crippen LogP contribution < -0.4 is 11.1 Å². The molecule has 2 atom stereocenters. The van der Waals surface area contributed by atoms with Crippen molar-refractivity contribution in [2.75, 3.05) is 0 Å². The van der Waals surface area contributed by atoms with Gasteiger partial charge in [-0.25, -0.2) is 0 Å². The highest BCUT2D eigenvalue weighted by molar-refractivity contribution is 6.30. The zero-order chi connectivity index (χ0) is 12.8. The number of nitrogens with two attached hydrogens (primary N) is 1. The lowest BCUT2D eigenvalue weighted by Gasteiger charge is -2.20. The van der Waals surface area contributed by atoms with Crippen LogP contribution in [0, 0.1) is 0 Å². The van der Waals surface area contributed by atoms with Gasteiger partial charge < -0.3 is 16.3 Å². The van der Waals surface area contributed by atoms with Crippen molar-refractivity contribution in [1.29, 1.82) is 0 Å². The van der Waals surface area contributed by atoms with E-state index in [1.54, 1.807) is 0 Å². The van der Waals surface area contributed by atoms with Gasteiger partial charge in [-0.15, -0.1) is 0 Å². The summed E-state index contributed by atoms with van der Waals surface area (Å²) in [6, 6.07) is 8.02. The number of nitrogens with zero attached hydrogens (tertiary/aromatic N) is 1. The Hall–Kier alpha value is -1.26. The number of rotatable bonds is 5. The first-order chi connectivity index (χ1) is 8.02. The Morgan fingerprint density at radius 3 is 2.53 bits per heavy atom. The van der Waals surface area contributed by atoms with Crippen molar-refractivity contribution in [3.05, 3.63) is 34.9 Å². The summed E-state index contributed by atoms with van der Waals surface area (Å²) in [5.41, 5.74) is 6.60. The molecule has 5 heteroatoms. The van der Waals surface area contributed by atoms with Crippen molar-refractivity contribution in [2.45, 2.75) is 32.4 Å². The lowest BCUT2D eigenvalue weighted by Crippen LogP contribution is -2.33. The maximum Gasteiger partial charge on any atom is 0.140 e. The minimum Gasteiger partial charge on any atom is -0.409 e. The van der Waals surface area contributed by atoms with Gasteiger partial charge in [-0.2, -0.15) is 0 Å². The normalized spacial score (nSPS) is 15.6. The van der Waals surface area contributed by atoms with Gasteiger partial charge in [0.15, 0.2) is 0 Å². The van der Waals surface area contributed by atoms with Gasteiger partial charge >= 0.3 is 0 Å². The Balaban J connectivity index is 2.54. The van der Waals surface area contributed by atoms with E-state index in [1.807, 2.05) is 31.2 Å². The lowest BCUT2D eigenvalue weighted by atomic mass is 10.1. The van der Waals surface area contributed by atoms with E-state index in [1.165, 1.54) is 0 Å². The molecule has 2 unspecified atom stereocenters. The maximum atomic E-state index is 8.49. The zero-order valence-electron chi connectivity index (χ0n) is 10.0. The summed E-state index contributed by atoms with van der Waals surface area (Å²) in [6.07, 6.45) is 0.508. The largest absolute Gasteiger partial charge is 0.409 e. The van der Waals surface area contributed by atoms with Gasteiger partial charge in [0.25, 0.3) is 0 Å². The molecule has 0 aliphatic carbocycles. The molecule has 0 amide bonds. The first kappa shape index (κ1) is 13.8. The van der Waals surface area contributed by atoms with Crippen LogP contribution >= 0.6 is 11.6 Å². The molecule has 94 valence electrons. The average molecular weight is 256 g/mol. The van der Waals surface area contributed by atoms with Crippen LogP contribution in [0.25, 0.3) is 0 Å². The molecule has 0 aromatic heterocycles. The summed E-state index contributed by atoms with van der Waals surface area (Å²) < 4.78 is 0. The van der Waals surface area contributed by atoms with Crippen LogP contribution in [0.1, 0.15) is 31.9 Å². The van der Waals surface area contributed by atoms with E-state index in [0.29, 0.717) is 6.42 Å². The van der Waals surface area contributed by atoms with E-state index in [-0.39, 0.29) is 17.9 Å². The molecule has 4 nitrogen and oxygen atoms in total. The third kappa shape index (κ3) is 4.63. The predicted molar refractivity (Wildman–Crippen MR) is 70.5 cm³/mol. The fourth-order valence-corrected chi connectivity index (χ4v) is 1.81. The highest BCUT2D eigenvalue weighted by Crippen LogP contribution is 2.16. The van der Waals surface area contributed by atoms with Crippen molar-refractivity contribution < 1.29 is 5.21 Å². The van der Waals surface area contributed by atoms with Gasteiger partial charge in [-0.1, -0.05) is 28.9 Å². The SMILES string of the molecule is CC(CC(N)=NO)NC(C)c1ccc(Cl)cc1. The number of hydrogen-bond acceptors (Lipinski definition) is 3. The Morgan fingerprint density at radius 1 is 1.41 bits per heavy atom. The van der Waals surface area contributed by atoms with Gasteiger partial charge in [-0.05, 0) is 31.5 Å². The molecule has 1 aromatic rings. The second kappa shape index (κ2) is 6.47. The van der Waals surface area contributed by atoms with Crippen LogP contribution in [0.3, 0.4) is 0 Å². The third-order valence-electron chi connectivity index (χ3n) is 2.55. The first-order valence-corrected chi connectivity index (χ1v) is 5.88. The van der Waals surface area contributed by atoms with Crippen LogP contribution in [0.2, 0.25) is 5.02 Å². The van der Waals surface area contributed by atoms with E-state index in [4.69, 9.17) is 22.5 Å². The monoisotopic (exact) mass is 255 g/mol. The number of benzene rings is 1. The fraction of sp³-hybridized carbons (Fsp3) is 0.417. The van der Waals surface area contributed by atoms with Crippen molar-refractivity contribution in [3.63, 3.8) is 0 Å². The minimum absolute atomic E-state index is 0.136. The van der Waals surface area contributed by atoms with Crippen LogP contribution in [-0.2, 0) is 0 Å². The second-order valence-corrected chi connectivity index (χ2v) is 4.57. The predicted octanol–water partition coefficient (Wildman–Crippen LogP) is 2.52. The van der Waals surface area contributed by atoms with Gasteiger partial charge in [0.05, 0.1) is 0 Å². The number of hydrogen-bond donors (Lipinski definition) is 3. The van der Waals surface area contributed by atoms with Crippen LogP contribution in [0.5, 0.6) is 0 Å². The molecule has 0 bridgehead atoms. The molecular formula is C12H18ClN3O. The molecule has 0 spiro atoms. The van der Waals surface area contributed by atoms with Gasteiger partial charge in [-0.3, -0.25) is 0 Å². The van der Waals surface area contributed by atoms with Crippen molar-refractivity contribution in [3.8, 4) is 0 Å². The molecule has 0 heterocycles. The summed E-state index contributed by atoms with van der Waals surface area (Å²) in [7, 11) is 0. The van der Waals surface area contributed by atoms with Crippen molar-refractivity contribution in [2.24, 2.45) is 10.9 Å². The quantitative estimate of drug-likeness (QED) is 0.328. The van der Waals surface area contributed by atoms with Gasteiger partial charge in [0, 0.05) is 23.5 Å². The first-order valence-electron chi connectivity index (χ1n) is 5.51.